The first-order valence-corrected chi connectivity index (χ1v) is 5.02. The van der Waals surface area contributed by atoms with Crippen molar-refractivity contribution in [2.75, 3.05) is 13.2 Å². The predicted molar refractivity (Wildman–Crippen MR) is 54.3 cm³/mol. The molecule has 3 heterocycles. The summed E-state index contributed by atoms with van der Waals surface area (Å²) in [6.07, 6.45) is 3.20. The van der Waals surface area contributed by atoms with Crippen LogP contribution < -0.4 is 4.74 Å². The van der Waals surface area contributed by atoms with Crippen molar-refractivity contribution in [1.29, 1.82) is 0 Å². The standard InChI is InChI=1S/C11H10N2O3/c14-10-7-15-5-9-6-16-11-8(4-13(9)10)2-1-3-12-11/h1-3,6H,4-5,7H2. The molecule has 82 valence electrons. The van der Waals surface area contributed by atoms with Gasteiger partial charge in [-0.3, -0.25) is 4.79 Å². The number of morpholine rings is 1. The Balaban J connectivity index is 2.00. The number of amides is 1. The first-order valence-electron chi connectivity index (χ1n) is 5.02. The van der Waals surface area contributed by atoms with Crippen molar-refractivity contribution in [3.05, 3.63) is 35.9 Å². The van der Waals surface area contributed by atoms with Gasteiger partial charge in [0.15, 0.2) is 0 Å². The fraction of sp³-hybridized carbons (Fsp3) is 0.273. The Hall–Kier alpha value is -1.88. The third-order valence-corrected chi connectivity index (χ3v) is 2.61. The van der Waals surface area contributed by atoms with Crippen molar-refractivity contribution in [2.45, 2.75) is 6.54 Å². The molecular weight excluding hydrogens is 208 g/mol. The van der Waals surface area contributed by atoms with Gasteiger partial charge in [0, 0.05) is 11.8 Å². The van der Waals surface area contributed by atoms with E-state index in [1.54, 1.807) is 11.1 Å². The van der Waals surface area contributed by atoms with Crippen molar-refractivity contribution in [2.24, 2.45) is 0 Å². The van der Waals surface area contributed by atoms with Crippen molar-refractivity contribution in [3.8, 4) is 5.88 Å². The molecule has 0 radical (unpaired) electrons. The van der Waals surface area contributed by atoms with Crippen LogP contribution in [-0.2, 0) is 16.1 Å². The van der Waals surface area contributed by atoms with E-state index in [0.29, 0.717) is 19.0 Å². The highest BCUT2D eigenvalue weighted by Gasteiger charge is 2.27. The lowest BCUT2D eigenvalue weighted by atomic mass is 10.2. The lowest BCUT2D eigenvalue weighted by Gasteiger charge is -2.27. The number of ether oxygens (including phenoxy) is 2. The van der Waals surface area contributed by atoms with E-state index in [4.69, 9.17) is 9.47 Å². The largest absolute Gasteiger partial charge is 0.444 e. The number of hydrogen-bond donors (Lipinski definition) is 0. The smallest absolute Gasteiger partial charge is 0.253 e. The molecule has 1 aromatic rings. The average Bonchev–Trinajstić information content (AvgIpc) is 2.50. The Kier molecular flexibility index (Phi) is 2.11. The molecule has 0 unspecified atom stereocenters. The maximum absolute atomic E-state index is 11.7. The molecule has 0 saturated carbocycles. The van der Waals surface area contributed by atoms with E-state index in [9.17, 15) is 4.79 Å². The monoisotopic (exact) mass is 218 g/mol. The molecule has 0 aliphatic carbocycles. The van der Waals surface area contributed by atoms with Crippen LogP contribution in [0, 0.1) is 0 Å². The van der Waals surface area contributed by atoms with Crippen molar-refractivity contribution in [1.82, 2.24) is 9.88 Å². The fourth-order valence-electron chi connectivity index (χ4n) is 1.79. The molecule has 0 atom stereocenters. The normalized spacial score (nSPS) is 19.1. The van der Waals surface area contributed by atoms with Crippen LogP contribution in [0.4, 0.5) is 0 Å². The van der Waals surface area contributed by atoms with Gasteiger partial charge in [-0.05, 0) is 6.07 Å². The van der Waals surface area contributed by atoms with Crippen LogP contribution in [0.15, 0.2) is 30.3 Å². The number of carbonyl (C=O) groups is 1. The second-order valence-electron chi connectivity index (χ2n) is 3.67. The number of pyridine rings is 1. The third kappa shape index (κ3) is 1.45. The summed E-state index contributed by atoms with van der Waals surface area (Å²) in [6, 6.07) is 3.74. The molecule has 2 aliphatic heterocycles. The Bertz CT molecular complexity index is 470. The highest BCUT2D eigenvalue weighted by molar-refractivity contribution is 5.80. The summed E-state index contributed by atoms with van der Waals surface area (Å²) in [5.74, 6) is 0.509. The number of carbonyl (C=O) groups excluding carboxylic acids is 1. The van der Waals surface area contributed by atoms with Crippen molar-refractivity contribution < 1.29 is 14.3 Å². The SMILES string of the molecule is O=C1COCC2=COc3ncccc3CN12. The van der Waals surface area contributed by atoms with Crippen LogP contribution in [0.5, 0.6) is 5.88 Å². The molecule has 5 heteroatoms. The summed E-state index contributed by atoms with van der Waals surface area (Å²) in [6.45, 7) is 1.03. The van der Waals surface area contributed by atoms with Crippen LogP contribution in [0.3, 0.4) is 0 Å². The van der Waals surface area contributed by atoms with E-state index >= 15 is 0 Å². The minimum absolute atomic E-state index is 0.0437. The van der Waals surface area contributed by atoms with Gasteiger partial charge < -0.3 is 14.4 Å². The highest BCUT2D eigenvalue weighted by atomic mass is 16.5. The zero-order chi connectivity index (χ0) is 11.0. The van der Waals surface area contributed by atoms with Gasteiger partial charge >= 0.3 is 0 Å². The molecule has 0 aromatic carbocycles. The topological polar surface area (TPSA) is 51.7 Å². The Morgan fingerprint density at radius 1 is 1.38 bits per heavy atom. The number of aromatic nitrogens is 1. The Morgan fingerprint density at radius 3 is 3.25 bits per heavy atom. The Morgan fingerprint density at radius 2 is 2.31 bits per heavy atom. The third-order valence-electron chi connectivity index (χ3n) is 2.61. The minimum atomic E-state index is -0.0437. The number of hydrogen-bond acceptors (Lipinski definition) is 4. The van der Waals surface area contributed by atoms with E-state index < -0.39 is 0 Å². The molecule has 1 amide bonds. The maximum atomic E-state index is 11.7. The molecule has 2 aliphatic rings. The van der Waals surface area contributed by atoms with E-state index in [-0.39, 0.29) is 12.5 Å². The van der Waals surface area contributed by atoms with Gasteiger partial charge in [0.1, 0.15) is 12.9 Å². The molecule has 0 spiro atoms. The second kappa shape index (κ2) is 3.61. The molecule has 3 rings (SSSR count). The summed E-state index contributed by atoms with van der Waals surface area (Å²) in [4.78, 5) is 17.5. The molecule has 1 aromatic heterocycles. The van der Waals surface area contributed by atoms with Crippen LogP contribution in [-0.4, -0.2) is 29.0 Å². The van der Waals surface area contributed by atoms with Gasteiger partial charge in [-0.15, -0.1) is 0 Å². The lowest BCUT2D eigenvalue weighted by Crippen LogP contribution is -2.38. The number of rotatable bonds is 0. The fourth-order valence-corrected chi connectivity index (χ4v) is 1.79. The van der Waals surface area contributed by atoms with E-state index in [1.807, 2.05) is 12.1 Å². The molecule has 1 fully saturated rings. The van der Waals surface area contributed by atoms with Gasteiger partial charge in [-0.2, -0.15) is 0 Å². The zero-order valence-electron chi connectivity index (χ0n) is 8.55. The number of fused-ring (bicyclic) bond motifs is 2. The summed E-state index contributed by atoms with van der Waals surface area (Å²) in [5, 5.41) is 0. The van der Waals surface area contributed by atoms with E-state index in [0.717, 1.165) is 11.3 Å². The molecule has 16 heavy (non-hydrogen) atoms. The van der Waals surface area contributed by atoms with Crippen molar-refractivity contribution in [3.63, 3.8) is 0 Å². The minimum Gasteiger partial charge on any atom is -0.444 e. The van der Waals surface area contributed by atoms with Crippen LogP contribution >= 0.6 is 0 Å². The van der Waals surface area contributed by atoms with Crippen LogP contribution in [0.1, 0.15) is 5.56 Å². The van der Waals surface area contributed by atoms with Crippen LogP contribution in [0.25, 0.3) is 0 Å². The van der Waals surface area contributed by atoms with Gasteiger partial charge in [0.05, 0.1) is 18.8 Å². The first-order chi connectivity index (χ1) is 7.84. The summed E-state index contributed by atoms with van der Waals surface area (Å²) in [5.41, 5.74) is 1.65. The molecular formula is C11H10N2O3. The summed E-state index contributed by atoms with van der Waals surface area (Å²) in [7, 11) is 0. The van der Waals surface area contributed by atoms with Crippen molar-refractivity contribution >= 4 is 5.91 Å². The Labute approximate surface area is 92.3 Å². The van der Waals surface area contributed by atoms with Gasteiger partial charge in [0.2, 0.25) is 5.88 Å². The van der Waals surface area contributed by atoms with E-state index in [2.05, 4.69) is 4.98 Å². The van der Waals surface area contributed by atoms with Crippen LogP contribution in [0.2, 0.25) is 0 Å². The second-order valence-corrected chi connectivity index (χ2v) is 3.67. The van der Waals surface area contributed by atoms with Gasteiger partial charge in [-0.1, -0.05) is 6.07 Å². The first kappa shape index (κ1) is 9.35. The van der Waals surface area contributed by atoms with Gasteiger partial charge in [0.25, 0.3) is 5.91 Å². The highest BCUT2D eigenvalue weighted by Crippen LogP contribution is 2.25. The lowest BCUT2D eigenvalue weighted by molar-refractivity contribution is -0.139. The van der Waals surface area contributed by atoms with Gasteiger partial charge in [-0.25, -0.2) is 4.98 Å². The molecule has 5 nitrogen and oxygen atoms in total. The summed E-state index contributed by atoms with van der Waals surface area (Å²) < 4.78 is 10.6. The van der Waals surface area contributed by atoms with E-state index in [1.165, 1.54) is 6.26 Å². The maximum Gasteiger partial charge on any atom is 0.253 e. The molecule has 1 saturated heterocycles. The average molecular weight is 218 g/mol. The zero-order valence-corrected chi connectivity index (χ0v) is 8.55. The quantitative estimate of drug-likeness (QED) is 0.642. The molecule has 0 N–H and O–H groups in total. The predicted octanol–water partition coefficient (Wildman–Crippen LogP) is 0.674. The number of nitrogens with zero attached hydrogens (tertiary/aromatic N) is 2. The summed E-state index contributed by atoms with van der Waals surface area (Å²) >= 11 is 0. The molecule has 0 bridgehead atoms.